The van der Waals surface area contributed by atoms with Crippen molar-refractivity contribution in [3.8, 4) is 11.3 Å². The number of nitrogens with zero attached hydrogens (tertiary/aromatic N) is 1. The fourth-order valence-corrected chi connectivity index (χ4v) is 1.86. The van der Waals surface area contributed by atoms with E-state index in [2.05, 4.69) is 14.7 Å². The maximum atomic E-state index is 11.1. The second-order valence-corrected chi connectivity index (χ2v) is 4.38. The van der Waals surface area contributed by atoms with Crippen LogP contribution in [0.2, 0.25) is 0 Å². The largest absolute Gasteiger partial charge is 0.469 e. The second-order valence-electron chi connectivity index (χ2n) is 4.38. The third kappa shape index (κ3) is 3.23. The zero-order valence-electron chi connectivity index (χ0n) is 11.0. The molecular weight excluding hydrogens is 260 g/mol. The average Bonchev–Trinajstić information content (AvgIpc) is 3.00. The van der Waals surface area contributed by atoms with E-state index in [0.717, 1.165) is 11.3 Å². The van der Waals surface area contributed by atoms with Gasteiger partial charge in [-0.15, -0.1) is 0 Å². The molecule has 6 heteroatoms. The minimum Gasteiger partial charge on any atom is -0.469 e. The van der Waals surface area contributed by atoms with Gasteiger partial charge in [0.15, 0.2) is 0 Å². The Hall–Kier alpha value is -2.18. The van der Waals surface area contributed by atoms with Crippen molar-refractivity contribution in [3.63, 3.8) is 0 Å². The van der Waals surface area contributed by atoms with Crippen molar-refractivity contribution in [1.82, 2.24) is 9.97 Å². The lowest BCUT2D eigenvalue weighted by Crippen LogP contribution is -2.22. The summed E-state index contributed by atoms with van der Waals surface area (Å²) in [5.74, 6) is -0.564. The molecule has 2 rings (SSSR count). The Bertz CT molecular complexity index is 551. The topological polar surface area (TPSA) is 95.4 Å². The third-order valence-corrected chi connectivity index (χ3v) is 3.03. The Labute approximate surface area is 116 Å². The van der Waals surface area contributed by atoms with Crippen molar-refractivity contribution in [3.05, 3.63) is 42.4 Å². The Morgan fingerprint density at radius 1 is 1.35 bits per heavy atom. The molecule has 0 bridgehead atoms. The van der Waals surface area contributed by atoms with Gasteiger partial charge in [-0.2, -0.15) is 0 Å². The van der Waals surface area contributed by atoms with Crippen LogP contribution < -0.4 is 0 Å². The highest BCUT2D eigenvalue weighted by atomic mass is 16.5. The van der Waals surface area contributed by atoms with Gasteiger partial charge in [0.25, 0.3) is 0 Å². The fraction of sp³-hybridized carbons (Fsp3) is 0.286. The molecule has 0 spiro atoms. The Morgan fingerprint density at radius 2 is 2.05 bits per heavy atom. The lowest BCUT2D eigenvalue weighted by atomic mass is 10.0. The van der Waals surface area contributed by atoms with Gasteiger partial charge in [-0.05, 0) is 11.1 Å². The van der Waals surface area contributed by atoms with Crippen LogP contribution in [-0.4, -0.2) is 39.4 Å². The summed E-state index contributed by atoms with van der Waals surface area (Å²) in [4.78, 5) is 18.0. The summed E-state index contributed by atoms with van der Waals surface area (Å²) in [6.07, 6.45) is 0.695. The van der Waals surface area contributed by atoms with Crippen LogP contribution in [0.1, 0.15) is 18.1 Å². The van der Waals surface area contributed by atoms with Crippen LogP contribution in [-0.2, 0) is 9.53 Å². The summed E-state index contributed by atoms with van der Waals surface area (Å²) in [5.41, 5.74) is 2.31. The highest BCUT2D eigenvalue weighted by Gasteiger charge is 2.21. The number of H-pyrrole nitrogens is 1. The summed E-state index contributed by atoms with van der Waals surface area (Å²) in [7, 11) is 1.24. The predicted octanol–water partition coefficient (Wildman–Crippen LogP) is 1.03. The first-order valence-electron chi connectivity index (χ1n) is 6.13. The van der Waals surface area contributed by atoms with E-state index < -0.39 is 18.2 Å². The smallest absolute Gasteiger partial charge is 0.308 e. The number of hydrogen-bond donors (Lipinski definition) is 3. The number of aromatic nitrogens is 2. The van der Waals surface area contributed by atoms with Crippen molar-refractivity contribution in [2.75, 3.05) is 7.11 Å². The Morgan fingerprint density at radius 3 is 2.60 bits per heavy atom. The van der Waals surface area contributed by atoms with Crippen molar-refractivity contribution in [2.45, 2.75) is 18.6 Å². The van der Waals surface area contributed by atoms with Crippen molar-refractivity contribution < 1.29 is 19.7 Å². The van der Waals surface area contributed by atoms with E-state index in [1.807, 2.05) is 0 Å². The van der Waals surface area contributed by atoms with Crippen molar-refractivity contribution >= 4 is 5.97 Å². The number of aliphatic hydroxyl groups is 2. The summed E-state index contributed by atoms with van der Waals surface area (Å²) in [6.45, 7) is 0. The Kier molecular flexibility index (Phi) is 4.49. The van der Waals surface area contributed by atoms with Gasteiger partial charge in [-0.25, -0.2) is 4.98 Å². The first-order chi connectivity index (χ1) is 9.61. The standard InChI is InChI=1S/C14H16N2O4/c1-20-13(18)6-12(17)14(19)10-4-2-9(3-5-10)11-7-15-8-16-11/h2-5,7-8,12,14,17,19H,6H2,1H3,(H,15,16). The number of imidazole rings is 1. The average molecular weight is 276 g/mol. The number of ether oxygens (including phenoxy) is 1. The SMILES string of the molecule is COC(=O)CC(O)C(O)c1ccc(-c2cnc[nH]2)cc1. The highest BCUT2D eigenvalue weighted by molar-refractivity contribution is 5.69. The predicted molar refractivity (Wildman–Crippen MR) is 71.6 cm³/mol. The zero-order valence-corrected chi connectivity index (χ0v) is 11.0. The first kappa shape index (κ1) is 14.2. The fourth-order valence-electron chi connectivity index (χ4n) is 1.86. The van der Waals surface area contributed by atoms with Crippen LogP contribution >= 0.6 is 0 Å². The van der Waals surface area contributed by atoms with Crippen LogP contribution in [0, 0.1) is 0 Å². The quantitative estimate of drug-likeness (QED) is 0.709. The molecule has 20 heavy (non-hydrogen) atoms. The molecule has 0 saturated heterocycles. The monoisotopic (exact) mass is 276 g/mol. The molecule has 0 radical (unpaired) electrons. The summed E-state index contributed by atoms with van der Waals surface area (Å²) < 4.78 is 4.45. The molecule has 1 aromatic carbocycles. The van der Waals surface area contributed by atoms with Crippen LogP contribution in [0.3, 0.4) is 0 Å². The van der Waals surface area contributed by atoms with Gasteiger partial charge in [0.05, 0.1) is 37.9 Å². The lowest BCUT2D eigenvalue weighted by molar-refractivity contribution is -0.144. The van der Waals surface area contributed by atoms with Gasteiger partial charge in [0, 0.05) is 0 Å². The molecule has 3 N–H and O–H groups in total. The molecule has 0 saturated carbocycles. The number of benzene rings is 1. The summed E-state index contributed by atoms with van der Waals surface area (Å²) >= 11 is 0. The van der Waals surface area contributed by atoms with E-state index in [1.165, 1.54) is 7.11 Å². The van der Waals surface area contributed by atoms with Crippen LogP contribution in [0.15, 0.2) is 36.8 Å². The molecule has 0 aliphatic carbocycles. The number of methoxy groups -OCH3 is 1. The molecular formula is C14H16N2O4. The van der Waals surface area contributed by atoms with Gasteiger partial charge >= 0.3 is 5.97 Å². The molecule has 106 valence electrons. The van der Waals surface area contributed by atoms with E-state index in [0.29, 0.717) is 5.56 Å². The number of aromatic amines is 1. The van der Waals surface area contributed by atoms with Gasteiger partial charge in [0.1, 0.15) is 6.10 Å². The molecule has 0 aliphatic rings. The zero-order chi connectivity index (χ0) is 14.5. The first-order valence-corrected chi connectivity index (χ1v) is 6.13. The van der Waals surface area contributed by atoms with Crippen molar-refractivity contribution in [2.24, 2.45) is 0 Å². The van der Waals surface area contributed by atoms with Gasteiger partial charge in [0.2, 0.25) is 0 Å². The second kappa shape index (κ2) is 6.31. The van der Waals surface area contributed by atoms with Crippen LogP contribution in [0.25, 0.3) is 11.3 Å². The van der Waals surface area contributed by atoms with Gasteiger partial charge in [-0.3, -0.25) is 4.79 Å². The molecule has 1 heterocycles. The maximum Gasteiger partial charge on any atom is 0.308 e. The molecule has 1 aromatic heterocycles. The molecule has 2 atom stereocenters. The number of hydrogen-bond acceptors (Lipinski definition) is 5. The van der Waals surface area contributed by atoms with E-state index >= 15 is 0 Å². The normalized spacial score (nSPS) is 13.8. The van der Waals surface area contributed by atoms with E-state index in [1.54, 1.807) is 36.8 Å². The van der Waals surface area contributed by atoms with E-state index in [4.69, 9.17) is 0 Å². The summed E-state index contributed by atoms with van der Waals surface area (Å²) in [5, 5.41) is 19.7. The van der Waals surface area contributed by atoms with E-state index in [9.17, 15) is 15.0 Å². The summed E-state index contributed by atoms with van der Waals surface area (Å²) in [6, 6.07) is 7.00. The van der Waals surface area contributed by atoms with E-state index in [-0.39, 0.29) is 6.42 Å². The molecule has 2 unspecified atom stereocenters. The number of nitrogens with one attached hydrogen (secondary N) is 1. The number of carbonyl (C=O) groups is 1. The third-order valence-electron chi connectivity index (χ3n) is 3.03. The minimum absolute atomic E-state index is 0.250. The van der Waals surface area contributed by atoms with Gasteiger partial charge in [-0.1, -0.05) is 24.3 Å². The number of rotatable bonds is 5. The van der Waals surface area contributed by atoms with Crippen LogP contribution in [0.4, 0.5) is 0 Å². The van der Waals surface area contributed by atoms with Crippen LogP contribution in [0.5, 0.6) is 0 Å². The highest BCUT2D eigenvalue weighted by Crippen LogP contribution is 2.23. The number of carbonyl (C=O) groups excluding carboxylic acids is 1. The van der Waals surface area contributed by atoms with Gasteiger partial charge < -0.3 is 19.9 Å². The lowest BCUT2D eigenvalue weighted by Gasteiger charge is -2.17. The molecule has 6 nitrogen and oxygen atoms in total. The number of esters is 1. The Balaban J connectivity index is 2.07. The maximum absolute atomic E-state index is 11.1. The molecule has 0 fully saturated rings. The van der Waals surface area contributed by atoms with Crippen molar-refractivity contribution in [1.29, 1.82) is 0 Å². The molecule has 2 aromatic rings. The molecule has 0 amide bonds. The number of aliphatic hydroxyl groups excluding tert-OH is 2. The molecule has 0 aliphatic heterocycles. The minimum atomic E-state index is -1.19.